The molecule has 3 heteroatoms. The zero-order valence-electron chi connectivity index (χ0n) is 9.67. The van der Waals surface area contributed by atoms with Crippen LogP contribution < -0.4 is 0 Å². The van der Waals surface area contributed by atoms with Gasteiger partial charge in [-0.25, -0.2) is 0 Å². The summed E-state index contributed by atoms with van der Waals surface area (Å²) in [6, 6.07) is 0. The molecule has 1 fully saturated rings. The molecule has 1 atom stereocenters. The minimum absolute atomic E-state index is 0.122. The highest BCUT2D eigenvalue weighted by atomic mass is 16.5. The Labute approximate surface area is 86.4 Å². The number of hydrogen-bond donors (Lipinski definition) is 0. The summed E-state index contributed by atoms with van der Waals surface area (Å²) in [5, 5.41) is 0. The van der Waals surface area contributed by atoms with E-state index in [1.165, 1.54) is 0 Å². The van der Waals surface area contributed by atoms with Crippen LogP contribution in [0, 0.1) is 11.3 Å². The lowest BCUT2D eigenvalue weighted by atomic mass is 9.78. The third-order valence-corrected chi connectivity index (χ3v) is 3.52. The molecule has 0 aromatic heterocycles. The number of hydrogen-bond acceptors (Lipinski definition) is 2. The fourth-order valence-electron chi connectivity index (χ4n) is 1.88. The number of rotatable bonds is 3. The fourth-order valence-corrected chi connectivity index (χ4v) is 1.88. The number of nitrogens with zero attached hydrogens (tertiary/aromatic N) is 1. The summed E-state index contributed by atoms with van der Waals surface area (Å²) in [7, 11) is 1.57. The van der Waals surface area contributed by atoms with Gasteiger partial charge in [-0.05, 0) is 17.8 Å². The van der Waals surface area contributed by atoms with Gasteiger partial charge in [0.2, 0.25) is 5.91 Å². The predicted molar refractivity (Wildman–Crippen MR) is 56.0 cm³/mol. The van der Waals surface area contributed by atoms with Crippen molar-refractivity contribution in [2.24, 2.45) is 11.3 Å². The zero-order valence-corrected chi connectivity index (χ0v) is 9.67. The number of methoxy groups -OCH3 is 1. The molecule has 0 saturated carbocycles. The van der Waals surface area contributed by atoms with Crippen LogP contribution in [0.2, 0.25) is 0 Å². The Hall–Kier alpha value is -0.570. The largest absolute Gasteiger partial charge is 0.375 e. The van der Waals surface area contributed by atoms with Gasteiger partial charge in [-0.2, -0.15) is 0 Å². The Morgan fingerprint density at radius 3 is 2.64 bits per heavy atom. The number of amides is 1. The van der Waals surface area contributed by atoms with Crippen LogP contribution in [0.4, 0.5) is 0 Å². The maximum Gasteiger partial charge on any atom is 0.248 e. The average molecular weight is 199 g/mol. The summed E-state index contributed by atoms with van der Waals surface area (Å²) in [5.41, 5.74) is 0.295. The molecule has 1 saturated heterocycles. The van der Waals surface area contributed by atoms with E-state index < -0.39 is 0 Å². The molecule has 0 N–H and O–H groups in total. The van der Waals surface area contributed by atoms with Gasteiger partial charge in [-0.15, -0.1) is 0 Å². The lowest BCUT2D eigenvalue weighted by molar-refractivity contribution is -0.134. The van der Waals surface area contributed by atoms with Crippen molar-refractivity contribution in [1.82, 2.24) is 4.90 Å². The molecule has 1 heterocycles. The average Bonchev–Trinajstić information content (AvgIpc) is 2.50. The molecule has 1 amide bonds. The Balaban J connectivity index is 2.52. The van der Waals surface area contributed by atoms with Crippen molar-refractivity contribution in [1.29, 1.82) is 0 Å². The predicted octanol–water partition coefficient (Wildman–Crippen LogP) is 1.53. The monoisotopic (exact) mass is 199 g/mol. The highest BCUT2D eigenvalue weighted by Gasteiger charge is 2.37. The summed E-state index contributed by atoms with van der Waals surface area (Å²) < 4.78 is 4.85. The molecular formula is C11H21NO2. The van der Waals surface area contributed by atoms with Crippen molar-refractivity contribution in [2.45, 2.75) is 27.2 Å². The molecule has 1 aliphatic heterocycles. The first-order chi connectivity index (χ1) is 6.49. The van der Waals surface area contributed by atoms with Gasteiger partial charge in [0.15, 0.2) is 0 Å². The molecule has 1 rings (SSSR count). The highest BCUT2D eigenvalue weighted by Crippen LogP contribution is 2.36. The summed E-state index contributed by atoms with van der Waals surface area (Å²) in [4.78, 5) is 13.5. The Morgan fingerprint density at radius 1 is 1.57 bits per heavy atom. The topological polar surface area (TPSA) is 29.5 Å². The van der Waals surface area contributed by atoms with Crippen LogP contribution in [0.15, 0.2) is 0 Å². The van der Waals surface area contributed by atoms with Crippen molar-refractivity contribution >= 4 is 5.91 Å². The third-order valence-electron chi connectivity index (χ3n) is 3.52. The molecule has 0 aromatic carbocycles. The number of ether oxygens (including phenoxy) is 1. The van der Waals surface area contributed by atoms with Crippen LogP contribution in [0.3, 0.4) is 0 Å². The van der Waals surface area contributed by atoms with Crippen LogP contribution in [-0.2, 0) is 9.53 Å². The third kappa shape index (κ3) is 2.27. The van der Waals surface area contributed by atoms with Gasteiger partial charge < -0.3 is 9.64 Å². The maximum absolute atomic E-state index is 11.6. The van der Waals surface area contributed by atoms with Crippen LogP contribution >= 0.6 is 0 Å². The summed E-state index contributed by atoms with van der Waals surface area (Å²) in [6.07, 6.45) is 1.11. The number of carbonyl (C=O) groups is 1. The molecule has 0 unspecified atom stereocenters. The van der Waals surface area contributed by atoms with E-state index in [0.717, 1.165) is 19.5 Å². The minimum atomic E-state index is 0.122. The normalized spacial score (nSPS) is 27.4. The van der Waals surface area contributed by atoms with Crippen molar-refractivity contribution < 1.29 is 9.53 Å². The molecule has 3 nitrogen and oxygen atoms in total. The molecule has 0 radical (unpaired) electrons. The van der Waals surface area contributed by atoms with E-state index in [4.69, 9.17) is 4.74 Å². The molecule has 0 aliphatic carbocycles. The molecule has 14 heavy (non-hydrogen) atoms. The smallest absolute Gasteiger partial charge is 0.248 e. The van der Waals surface area contributed by atoms with E-state index in [2.05, 4.69) is 20.8 Å². The van der Waals surface area contributed by atoms with E-state index >= 15 is 0 Å². The highest BCUT2D eigenvalue weighted by molar-refractivity contribution is 5.77. The molecule has 82 valence electrons. The molecule has 0 aromatic rings. The second-order valence-corrected chi connectivity index (χ2v) is 4.81. The van der Waals surface area contributed by atoms with E-state index in [0.29, 0.717) is 11.3 Å². The first-order valence-electron chi connectivity index (χ1n) is 5.26. The first kappa shape index (κ1) is 11.5. The minimum Gasteiger partial charge on any atom is -0.375 e. The summed E-state index contributed by atoms with van der Waals surface area (Å²) in [5.74, 6) is 0.750. The van der Waals surface area contributed by atoms with Gasteiger partial charge in [-0.1, -0.05) is 20.8 Å². The second kappa shape index (κ2) is 4.30. The van der Waals surface area contributed by atoms with Crippen molar-refractivity contribution in [3.8, 4) is 0 Å². The van der Waals surface area contributed by atoms with Gasteiger partial charge in [0, 0.05) is 20.2 Å². The van der Waals surface area contributed by atoms with E-state index in [-0.39, 0.29) is 12.5 Å². The lowest BCUT2D eigenvalue weighted by Gasteiger charge is -2.28. The first-order valence-corrected chi connectivity index (χ1v) is 5.26. The van der Waals surface area contributed by atoms with Gasteiger partial charge in [0.05, 0.1) is 0 Å². The standard InChI is InChI=1S/C11H21NO2/c1-9(2)11(3)5-6-12(8-11)10(13)7-14-4/h9H,5-8H2,1-4H3/t11-/m0/s1. The SMILES string of the molecule is COCC(=O)N1CC[C@](C)(C(C)C)C1. The van der Waals surface area contributed by atoms with Crippen LogP contribution in [0.1, 0.15) is 27.2 Å². The molecule has 1 aliphatic rings. The Bertz CT molecular complexity index is 215. The van der Waals surface area contributed by atoms with Gasteiger partial charge in [-0.3, -0.25) is 4.79 Å². The lowest BCUT2D eigenvalue weighted by Crippen LogP contribution is -2.35. The summed E-state index contributed by atoms with van der Waals surface area (Å²) in [6.45, 7) is 8.70. The van der Waals surface area contributed by atoms with Crippen molar-refractivity contribution in [2.75, 3.05) is 26.8 Å². The number of carbonyl (C=O) groups excluding carboxylic acids is 1. The number of likely N-dealkylation sites (tertiary alicyclic amines) is 1. The van der Waals surface area contributed by atoms with E-state index in [1.807, 2.05) is 4.90 Å². The zero-order chi connectivity index (χ0) is 10.8. The van der Waals surface area contributed by atoms with E-state index in [9.17, 15) is 4.79 Å². The molecule has 0 bridgehead atoms. The van der Waals surface area contributed by atoms with Crippen LogP contribution in [-0.4, -0.2) is 37.6 Å². The maximum atomic E-state index is 11.6. The Kier molecular flexibility index (Phi) is 3.53. The van der Waals surface area contributed by atoms with Gasteiger partial charge >= 0.3 is 0 Å². The van der Waals surface area contributed by atoms with E-state index in [1.54, 1.807) is 7.11 Å². The Morgan fingerprint density at radius 2 is 2.21 bits per heavy atom. The van der Waals surface area contributed by atoms with Crippen LogP contribution in [0.5, 0.6) is 0 Å². The van der Waals surface area contributed by atoms with Crippen molar-refractivity contribution in [3.05, 3.63) is 0 Å². The second-order valence-electron chi connectivity index (χ2n) is 4.81. The summed E-state index contributed by atoms with van der Waals surface area (Å²) >= 11 is 0. The molecular weight excluding hydrogens is 178 g/mol. The van der Waals surface area contributed by atoms with Crippen molar-refractivity contribution in [3.63, 3.8) is 0 Å². The fraction of sp³-hybridized carbons (Fsp3) is 0.909. The quantitative estimate of drug-likeness (QED) is 0.690. The van der Waals surface area contributed by atoms with Gasteiger partial charge in [0.25, 0.3) is 0 Å². The molecule has 0 spiro atoms. The van der Waals surface area contributed by atoms with Crippen LogP contribution in [0.25, 0.3) is 0 Å². The van der Waals surface area contributed by atoms with Gasteiger partial charge in [0.1, 0.15) is 6.61 Å².